The Morgan fingerprint density at radius 3 is 2.48 bits per heavy atom. The minimum absolute atomic E-state index is 0.131. The van der Waals surface area contributed by atoms with Gasteiger partial charge in [0.1, 0.15) is 5.75 Å². The summed E-state index contributed by atoms with van der Waals surface area (Å²) in [5.74, 6) is 1.06. The highest BCUT2D eigenvalue weighted by molar-refractivity contribution is 6.04. The van der Waals surface area contributed by atoms with Crippen LogP contribution in [-0.2, 0) is 0 Å². The van der Waals surface area contributed by atoms with E-state index in [1.807, 2.05) is 43.3 Å². The summed E-state index contributed by atoms with van der Waals surface area (Å²) in [4.78, 5) is 12.2. The molecule has 0 aliphatic heterocycles. The summed E-state index contributed by atoms with van der Waals surface area (Å²) in [6.07, 6.45) is 0. The predicted molar refractivity (Wildman–Crippen MR) is 86.1 cm³/mol. The number of amides is 1. The predicted octanol–water partition coefficient (Wildman–Crippen LogP) is 4.46. The summed E-state index contributed by atoms with van der Waals surface area (Å²) < 4.78 is 5.41. The lowest BCUT2D eigenvalue weighted by Gasteiger charge is -2.09. The zero-order valence-corrected chi connectivity index (χ0v) is 12.7. The molecule has 0 bridgehead atoms. The lowest BCUT2D eigenvalue weighted by atomic mass is 10.0. The fourth-order valence-electron chi connectivity index (χ4n) is 2.05. The molecule has 1 N–H and O–H groups in total. The molecular formula is C18H21NO2. The molecule has 21 heavy (non-hydrogen) atoms. The van der Waals surface area contributed by atoms with Gasteiger partial charge in [-0.25, -0.2) is 0 Å². The van der Waals surface area contributed by atoms with Gasteiger partial charge in [0, 0.05) is 11.3 Å². The van der Waals surface area contributed by atoms with Gasteiger partial charge in [0.05, 0.1) is 6.61 Å². The average Bonchev–Trinajstić information content (AvgIpc) is 2.48. The van der Waals surface area contributed by atoms with Crippen LogP contribution in [0.2, 0.25) is 0 Å². The molecule has 0 saturated carbocycles. The SMILES string of the molecule is CCOc1cccc(C(=O)Nc2ccc(C(C)C)cc2)c1. The maximum absolute atomic E-state index is 12.2. The first-order chi connectivity index (χ1) is 10.1. The minimum Gasteiger partial charge on any atom is -0.494 e. The Hall–Kier alpha value is -2.29. The smallest absolute Gasteiger partial charge is 0.255 e. The number of anilines is 1. The van der Waals surface area contributed by atoms with Gasteiger partial charge in [-0.3, -0.25) is 4.79 Å². The van der Waals surface area contributed by atoms with E-state index in [1.54, 1.807) is 12.1 Å². The lowest BCUT2D eigenvalue weighted by Crippen LogP contribution is -2.12. The zero-order chi connectivity index (χ0) is 15.2. The van der Waals surface area contributed by atoms with Crippen LogP contribution in [0.4, 0.5) is 5.69 Å². The summed E-state index contributed by atoms with van der Waals surface area (Å²) >= 11 is 0. The number of benzene rings is 2. The van der Waals surface area contributed by atoms with Crippen LogP contribution >= 0.6 is 0 Å². The number of ether oxygens (including phenoxy) is 1. The average molecular weight is 283 g/mol. The molecule has 0 fully saturated rings. The molecule has 0 atom stereocenters. The second-order valence-corrected chi connectivity index (χ2v) is 5.19. The fraction of sp³-hybridized carbons (Fsp3) is 0.278. The summed E-state index contributed by atoms with van der Waals surface area (Å²) in [7, 11) is 0. The molecule has 0 aliphatic rings. The molecule has 0 aliphatic carbocycles. The van der Waals surface area contributed by atoms with Crippen molar-refractivity contribution >= 4 is 11.6 Å². The first-order valence-corrected chi connectivity index (χ1v) is 7.24. The summed E-state index contributed by atoms with van der Waals surface area (Å²) in [6.45, 7) is 6.80. The van der Waals surface area contributed by atoms with E-state index in [0.29, 0.717) is 23.8 Å². The van der Waals surface area contributed by atoms with Crippen molar-refractivity contribution in [2.45, 2.75) is 26.7 Å². The van der Waals surface area contributed by atoms with E-state index in [9.17, 15) is 4.79 Å². The van der Waals surface area contributed by atoms with E-state index in [1.165, 1.54) is 5.56 Å². The molecular weight excluding hydrogens is 262 g/mol. The third-order valence-electron chi connectivity index (χ3n) is 3.24. The van der Waals surface area contributed by atoms with E-state index in [4.69, 9.17) is 4.74 Å². The third-order valence-corrected chi connectivity index (χ3v) is 3.24. The first kappa shape index (κ1) is 15.1. The highest BCUT2D eigenvalue weighted by atomic mass is 16.5. The van der Waals surface area contributed by atoms with E-state index >= 15 is 0 Å². The van der Waals surface area contributed by atoms with Crippen molar-refractivity contribution in [3.8, 4) is 5.75 Å². The number of hydrogen-bond acceptors (Lipinski definition) is 2. The van der Waals surface area contributed by atoms with Gasteiger partial charge in [0.25, 0.3) is 5.91 Å². The molecule has 2 aromatic rings. The Bertz CT molecular complexity index is 603. The van der Waals surface area contributed by atoms with Gasteiger partial charge in [0.15, 0.2) is 0 Å². The van der Waals surface area contributed by atoms with Crippen LogP contribution in [0, 0.1) is 0 Å². The van der Waals surface area contributed by atoms with Crippen molar-refractivity contribution in [2.75, 3.05) is 11.9 Å². The van der Waals surface area contributed by atoms with Crippen molar-refractivity contribution in [1.29, 1.82) is 0 Å². The Morgan fingerprint density at radius 1 is 1.14 bits per heavy atom. The van der Waals surface area contributed by atoms with Gasteiger partial charge < -0.3 is 10.1 Å². The van der Waals surface area contributed by atoms with Crippen molar-refractivity contribution in [3.05, 3.63) is 59.7 Å². The second-order valence-electron chi connectivity index (χ2n) is 5.19. The second kappa shape index (κ2) is 6.93. The summed E-state index contributed by atoms with van der Waals surface area (Å²) in [5.41, 5.74) is 2.64. The number of hydrogen-bond donors (Lipinski definition) is 1. The monoisotopic (exact) mass is 283 g/mol. The van der Waals surface area contributed by atoms with Gasteiger partial charge in [-0.15, -0.1) is 0 Å². The van der Waals surface area contributed by atoms with Gasteiger partial charge in [-0.2, -0.15) is 0 Å². The van der Waals surface area contributed by atoms with Crippen molar-refractivity contribution in [1.82, 2.24) is 0 Å². The van der Waals surface area contributed by atoms with Crippen LogP contribution in [0.5, 0.6) is 5.75 Å². The van der Waals surface area contributed by atoms with Gasteiger partial charge in [0.2, 0.25) is 0 Å². The maximum atomic E-state index is 12.2. The number of rotatable bonds is 5. The molecule has 0 spiro atoms. The normalized spacial score (nSPS) is 10.5. The van der Waals surface area contributed by atoms with E-state index in [2.05, 4.69) is 19.2 Å². The summed E-state index contributed by atoms with van der Waals surface area (Å²) in [6, 6.07) is 15.1. The molecule has 1 amide bonds. The van der Waals surface area contributed by atoms with Gasteiger partial charge in [-0.1, -0.05) is 32.0 Å². The Balaban J connectivity index is 2.08. The molecule has 0 aromatic heterocycles. The Morgan fingerprint density at radius 2 is 1.86 bits per heavy atom. The van der Waals surface area contributed by atoms with Crippen molar-refractivity contribution in [2.24, 2.45) is 0 Å². The maximum Gasteiger partial charge on any atom is 0.255 e. The standard InChI is InChI=1S/C18H21NO2/c1-4-21-17-7-5-6-15(12-17)18(20)19-16-10-8-14(9-11-16)13(2)3/h5-13H,4H2,1-3H3,(H,19,20). The number of carbonyl (C=O) groups excluding carboxylic acids is 1. The van der Waals surface area contributed by atoms with Crippen LogP contribution in [0.25, 0.3) is 0 Å². The Kier molecular flexibility index (Phi) is 4.99. The molecule has 2 rings (SSSR count). The summed E-state index contributed by atoms with van der Waals surface area (Å²) in [5, 5.41) is 2.90. The topological polar surface area (TPSA) is 38.3 Å². The number of carbonyl (C=O) groups is 1. The molecule has 110 valence electrons. The van der Waals surface area contributed by atoms with Crippen LogP contribution < -0.4 is 10.1 Å². The van der Waals surface area contributed by atoms with Gasteiger partial charge in [-0.05, 0) is 48.7 Å². The zero-order valence-electron chi connectivity index (χ0n) is 12.7. The Labute approximate surface area is 126 Å². The molecule has 2 aromatic carbocycles. The van der Waals surface area contributed by atoms with Crippen molar-refractivity contribution < 1.29 is 9.53 Å². The lowest BCUT2D eigenvalue weighted by molar-refractivity contribution is 0.102. The van der Waals surface area contributed by atoms with E-state index < -0.39 is 0 Å². The molecule has 0 heterocycles. The minimum atomic E-state index is -0.131. The quantitative estimate of drug-likeness (QED) is 0.879. The fourth-order valence-corrected chi connectivity index (χ4v) is 2.05. The molecule has 3 nitrogen and oxygen atoms in total. The van der Waals surface area contributed by atoms with E-state index in [0.717, 1.165) is 5.69 Å². The van der Waals surface area contributed by atoms with Crippen LogP contribution in [-0.4, -0.2) is 12.5 Å². The van der Waals surface area contributed by atoms with Crippen LogP contribution in [0.15, 0.2) is 48.5 Å². The third kappa shape index (κ3) is 4.09. The largest absolute Gasteiger partial charge is 0.494 e. The van der Waals surface area contributed by atoms with Crippen LogP contribution in [0.3, 0.4) is 0 Å². The number of nitrogens with one attached hydrogen (secondary N) is 1. The molecule has 0 radical (unpaired) electrons. The van der Waals surface area contributed by atoms with Crippen molar-refractivity contribution in [3.63, 3.8) is 0 Å². The molecule has 0 saturated heterocycles. The first-order valence-electron chi connectivity index (χ1n) is 7.24. The highest BCUT2D eigenvalue weighted by Crippen LogP contribution is 2.19. The van der Waals surface area contributed by atoms with E-state index in [-0.39, 0.29) is 5.91 Å². The van der Waals surface area contributed by atoms with Gasteiger partial charge >= 0.3 is 0 Å². The van der Waals surface area contributed by atoms with Crippen LogP contribution in [0.1, 0.15) is 42.6 Å². The highest BCUT2D eigenvalue weighted by Gasteiger charge is 2.07. The molecule has 3 heteroatoms. The molecule has 0 unspecified atom stereocenters.